The first-order valence-corrected chi connectivity index (χ1v) is 8.90. The summed E-state index contributed by atoms with van der Waals surface area (Å²) in [5.74, 6) is 0. The number of hydrogen-bond acceptors (Lipinski definition) is 2. The number of nitrogens with one attached hydrogen (secondary N) is 1. The molecule has 0 aliphatic carbocycles. The van der Waals surface area contributed by atoms with Gasteiger partial charge >= 0.3 is 0 Å². The zero-order valence-corrected chi connectivity index (χ0v) is 17.1. The molecule has 1 N–H and O–H groups in total. The normalized spacial score (nSPS) is 15.3. The number of rotatable bonds is 5. The minimum atomic E-state index is 0. The van der Waals surface area contributed by atoms with Gasteiger partial charge in [0.1, 0.15) is 0 Å². The van der Waals surface area contributed by atoms with Gasteiger partial charge in [-0.2, -0.15) is 0 Å². The maximum atomic E-state index is 6.24. The van der Waals surface area contributed by atoms with Crippen LogP contribution in [0.3, 0.4) is 0 Å². The molecule has 2 nitrogen and oxygen atoms in total. The van der Waals surface area contributed by atoms with Gasteiger partial charge in [-0.05, 0) is 43.1 Å². The highest BCUT2D eigenvalue weighted by Crippen LogP contribution is 2.25. The molecule has 3 rings (SSSR count). The Bertz CT molecular complexity index is 629. The van der Waals surface area contributed by atoms with E-state index < -0.39 is 0 Å². The number of piperidine rings is 1. The predicted molar refractivity (Wildman–Crippen MR) is 113 cm³/mol. The van der Waals surface area contributed by atoms with Crippen molar-refractivity contribution in [3.63, 3.8) is 0 Å². The molecule has 6 heteroatoms. The zero-order valence-electron chi connectivity index (χ0n) is 14.0. The van der Waals surface area contributed by atoms with Gasteiger partial charge in [0.05, 0.1) is 10.0 Å². The van der Waals surface area contributed by atoms with E-state index in [9.17, 15) is 0 Å². The molecule has 1 heterocycles. The van der Waals surface area contributed by atoms with E-state index in [1.807, 2.05) is 18.2 Å². The van der Waals surface area contributed by atoms with Gasteiger partial charge in [0.2, 0.25) is 0 Å². The number of benzene rings is 2. The third-order valence-corrected chi connectivity index (χ3v) is 5.31. The molecule has 1 aliphatic rings. The first-order chi connectivity index (χ1) is 11.2. The molecule has 1 fully saturated rings. The van der Waals surface area contributed by atoms with Crippen LogP contribution in [-0.2, 0) is 13.1 Å². The number of halogens is 4. The third-order valence-electron chi connectivity index (χ3n) is 4.45. The van der Waals surface area contributed by atoms with E-state index in [4.69, 9.17) is 23.2 Å². The molecule has 0 atom stereocenters. The Morgan fingerprint density at radius 3 is 2.28 bits per heavy atom. The highest BCUT2D eigenvalue weighted by molar-refractivity contribution is 6.42. The Balaban J connectivity index is 0.00000156. The van der Waals surface area contributed by atoms with Crippen LogP contribution in [0.1, 0.15) is 24.0 Å². The van der Waals surface area contributed by atoms with Crippen molar-refractivity contribution in [1.29, 1.82) is 0 Å². The van der Waals surface area contributed by atoms with Crippen LogP contribution in [0, 0.1) is 0 Å². The van der Waals surface area contributed by atoms with Gasteiger partial charge in [0.25, 0.3) is 0 Å². The lowest BCUT2D eigenvalue weighted by molar-refractivity contribution is 0.190. The summed E-state index contributed by atoms with van der Waals surface area (Å²) in [5, 5.41) is 4.92. The summed E-state index contributed by atoms with van der Waals surface area (Å²) >= 11 is 12.3. The van der Waals surface area contributed by atoms with Crippen LogP contribution < -0.4 is 5.32 Å². The van der Waals surface area contributed by atoms with Gasteiger partial charge in [-0.1, -0.05) is 65.7 Å². The van der Waals surface area contributed by atoms with Gasteiger partial charge in [0.15, 0.2) is 0 Å². The van der Waals surface area contributed by atoms with Crippen molar-refractivity contribution in [1.82, 2.24) is 10.2 Å². The maximum Gasteiger partial charge on any atom is 0.0637 e. The highest BCUT2D eigenvalue weighted by atomic mass is 35.5. The van der Waals surface area contributed by atoms with Crippen molar-refractivity contribution < 1.29 is 0 Å². The van der Waals surface area contributed by atoms with Crippen LogP contribution >= 0.6 is 48.0 Å². The Morgan fingerprint density at radius 2 is 1.60 bits per heavy atom. The molecule has 25 heavy (non-hydrogen) atoms. The summed E-state index contributed by atoms with van der Waals surface area (Å²) in [6.45, 7) is 4.10. The van der Waals surface area contributed by atoms with Crippen LogP contribution in [0.2, 0.25) is 10.0 Å². The fourth-order valence-corrected chi connectivity index (χ4v) is 3.46. The maximum absolute atomic E-state index is 6.24. The Morgan fingerprint density at radius 1 is 0.920 bits per heavy atom. The standard InChI is InChI=1S/C19H22Cl2N2.2ClH/c20-18-8-4-7-16(19(18)21)13-22-17-9-11-23(12-10-17)14-15-5-2-1-3-6-15;;/h1-8,17,22H,9-14H2;2*1H. The van der Waals surface area contributed by atoms with Crippen LogP contribution in [-0.4, -0.2) is 24.0 Å². The molecule has 0 unspecified atom stereocenters. The monoisotopic (exact) mass is 420 g/mol. The zero-order chi connectivity index (χ0) is 16.1. The fourth-order valence-electron chi connectivity index (χ4n) is 3.08. The van der Waals surface area contributed by atoms with Crippen molar-refractivity contribution in [2.75, 3.05) is 13.1 Å². The highest BCUT2D eigenvalue weighted by Gasteiger charge is 2.19. The summed E-state index contributed by atoms with van der Waals surface area (Å²) in [7, 11) is 0. The van der Waals surface area contributed by atoms with E-state index in [2.05, 4.69) is 40.5 Å². The number of hydrogen-bond donors (Lipinski definition) is 1. The van der Waals surface area contributed by atoms with E-state index >= 15 is 0 Å². The van der Waals surface area contributed by atoms with Gasteiger partial charge in [0, 0.05) is 19.1 Å². The molecule has 0 radical (unpaired) electrons. The Kier molecular flexibility index (Phi) is 10.2. The van der Waals surface area contributed by atoms with Crippen LogP contribution in [0.4, 0.5) is 0 Å². The van der Waals surface area contributed by atoms with E-state index in [1.165, 1.54) is 18.4 Å². The van der Waals surface area contributed by atoms with Gasteiger partial charge in [-0.15, -0.1) is 24.8 Å². The second-order valence-corrected chi connectivity index (χ2v) is 6.92. The van der Waals surface area contributed by atoms with Gasteiger partial charge in [-0.25, -0.2) is 0 Å². The topological polar surface area (TPSA) is 15.3 Å². The molecule has 0 bridgehead atoms. The molecule has 1 saturated heterocycles. The third kappa shape index (κ3) is 6.63. The molecule has 0 spiro atoms. The Hall–Kier alpha value is -0.480. The van der Waals surface area contributed by atoms with Crippen LogP contribution in [0.15, 0.2) is 48.5 Å². The average molecular weight is 422 g/mol. The average Bonchev–Trinajstić information content (AvgIpc) is 2.58. The molecule has 1 aliphatic heterocycles. The van der Waals surface area contributed by atoms with Crippen LogP contribution in [0.5, 0.6) is 0 Å². The van der Waals surface area contributed by atoms with E-state index in [-0.39, 0.29) is 24.8 Å². The van der Waals surface area contributed by atoms with Gasteiger partial charge in [-0.3, -0.25) is 4.90 Å². The van der Waals surface area contributed by atoms with E-state index in [0.29, 0.717) is 16.1 Å². The summed E-state index contributed by atoms with van der Waals surface area (Å²) < 4.78 is 0. The second-order valence-electron chi connectivity index (χ2n) is 6.13. The Labute approximate surface area is 172 Å². The predicted octanol–water partition coefficient (Wildman–Crippen LogP) is 5.59. The molecular weight excluding hydrogens is 398 g/mol. The molecular formula is C19H24Cl4N2. The number of likely N-dealkylation sites (tertiary alicyclic amines) is 1. The molecule has 0 aromatic heterocycles. The molecule has 2 aromatic rings. The van der Waals surface area contributed by atoms with Crippen molar-refractivity contribution >= 4 is 48.0 Å². The summed E-state index contributed by atoms with van der Waals surface area (Å²) in [6, 6.07) is 17.1. The molecule has 138 valence electrons. The minimum Gasteiger partial charge on any atom is -0.310 e. The molecule has 0 amide bonds. The fraction of sp³-hybridized carbons (Fsp3) is 0.368. The molecule has 0 saturated carbocycles. The molecule has 2 aromatic carbocycles. The number of nitrogens with zero attached hydrogens (tertiary/aromatic N) is 1. The quantitative estimate of drug-likeness (QED) is 0.676. The first kappa shape index (κ1) is 22.6. The van der Waals surface area contributed by atoms with Crippen molar-refractivity contribution in [2.45, 2.75) is 32.0 Å². The summed E-state index contributed by atoms with van der Waals surface area (Å²) in [5.41, 5.74) is 2.47. The lowest BCUT2D eigenvalue weighted by Gasteiger charge is -2.32. The van der Waals surface area contributed by atoms with Gasteiger partial charge < -0.3 is 5.32 Å². The minimum absolute atomic E-state index is 0. The van der Waals surface area contributed by atoms with Crippen molar-refractivity contribution in [2.24, 2.45) is 0 Å². The summed E-state index contributed by atoms with van der Waals surface area (Å²) in [6.07, 6.45) is 2.34. The SMILES string of the molecule is Cl.Cl.Clc1cccc(CNC2CCN(Cc3ccccc3)CC2)c1Cl. The van der Waals surface area contributed by atoms with Crippen molar-refractivity contribution in [3.8, 4) is 0 Å². The largest absolute Gasteiger partial charge is 0.310 e. The summed E-state index contributed by atoms with van der Waals surface area (Å²) in [4.78, 5) is 2.53. The smallest absolute Gasteiger partial charge is 0.0637 e. The van der Waals surface area contributed by atoms with E-state index in [1.54, 1.807) is 0 Å². The van der Waals surface area contributed by atoms with E-state index in [0.717, 1.165) is 31.7 Å². The lowest BCUT2D eigenvalue weighted by Crippen LogP contribution is -2.41. The van der Waals surface area contributed by atoms with Crippen LogP contribution in [0.25, 0.3) is 0 Å². The first-order valence-electron chi connectivity index (χ1n) is 8.15. The second kappa shape index (κ2) is 11.3. The lowest BCUT2D eigenvalue weighted by atomic mass is 10.0. The van der Waals surface area contributed by atoms with Crippen molar-refractivity contribution in [3.05, 3.63) is 69.7 Å².